The van der Waals surface area contributed by atoms with E-state index in [0.717, 1.165) is 44.3 Å². The van der Waals surface area contributed by atoms with Crippen molar-refractivity contribution in [2.75, 3.05) is 44.7 Å². The molecule has 0 bridgehead atoms. The van der Waals surface area contributed by atoms with Gasteiger partial charge in [0.1, 0.15) is 5.75 Å². The number of carbonyl (C=O) groups is 1. The zero-order valence-electron chi connectivity index (χ0n) is 16.5. The van der Waals surface area contributed by atoms with Gasteiger partial charge in [-0.1, -0.05) is 26.7 Å². The van der Waals surface area contributed by atoms with Crippen LogP contribution >= 0.6 is 0 Å². The Hall–Kier alpha value is -1.75. The van der Waals surface area contributed by atoms with Crippen LogP contribution in [0.15, 0.2) is 24.3 Å². The summed E-state index contributed by atoms with van der Waals surface area (Å²) in [5, 5.41) is 3.31. The summed E-state index contributed by atoms with van der Waals surface area (Å²) in [5.41, 5.74) is 1.24. The number of nitrogens with zero attached hydrogens (tertiary/aromatic N) is 1. The molecule has 5 nitrogen and oxygen atoms in total. The van der Waals surface area contributed by atoms with E-state index in [0.29, 0.717) is 18.5 Å². The number of quaternary nitrogens is 1. The van der Waals surface area contributed by atoms with E-state index in [1.54, 1.807) is 7.11 Å². The molecular weight excluding hydrogens is 326 g/mol. The first-order valence-corrected chi connectivity index (χ1v) is 10.1. The van der Waals surface area contributed by atoms with Gasteiger partial charge in [0.2, 0.25) is 0 Å². The number of hydrogen-bond donors (Lipinski definition) is 2. The molecule has 2 N–H and O–H groups in total. The minimum absolute atomic E-state index is 0.226. The van der Waals surface area contributed by atoms with E-state index >= 15 is 0 Å². The van der Waals surface area contributed by atoms with Crippen molar-refractivity contribution in [1.29, 1.82) is 0 Å². The first-order valence-electron chi connectivity index (χ1n) is 10.1. The highest BCUT2D eigenvalue weighted by atomic mass is 16.5. The smallest absolute Gasteiger partial charge is 0.275 e. The predicted molar refractivity (Wildman–Crippen MR) is 105 cm³/mol. The van der Waals surface area contributed by atoms with Gasteiger partial charge in [-0.25, -0.2) is 0 Å². The zero-order valence-corrected chi connectivity index (χ0v) is 16.5. The van der Waals surface area contributed by atoms with Gasteiger partial charge in [0.25, 0.3) is 5.91 Å². The Morgan fingerprint density at radius 1 is 1.19 bits per heavy atom. The number of amides is 1. The number of ether oxygens (including phenoxy) is 1. The monoisotopic (exact) mass is 360 g/mol. The summed E-state index contributed by atoms with van der Waals surface area (Å²) in [6.45, 7) is 9.21. The number of nitrogens with one attached hydrogen (secondary N) is 2. The van der Waals surface area contributed by atoms with Crippen LogP contribution in [0.2, 0.25) is 0 Å². The molecule has 1 saturated heterocycles. The fourth-order valence-corrected chi connectivity index (χ4v) is 4.32. The van der Waals surface area contributed by atoms with Crippen LogP contribution in [0.3, 0.4) is 0 Å². The lowest BCUT2D eigenvalue weighted by molar-refractivity contribution is -0.892. The zero-order chi connectivity index (χ0) is 18.5. The predicted octanol–water partition coefficient (Wildman–Crippen LogP) is 1.34. The summed E-state index contributed by atoms with van der Waals surface area (Å²) >= 11 is 0. The third-order valence-corrected chi connectivity index (χ3v) is 6.37. The summed E-state index contributed by atoms with van der Waals surface area (Å²) < 4.78 is 5.23. The Balaban J connectivity index is 1.43. The molecule has 1 saturated carbocycles. The molecule has 1 aliphatic carbocycles. The van der Waals surface area contributed by atoms with Crippen molar-refractivity contribution in [3.63, 3.8) is 0 Å². The van der Waals surface area contributed by atoms with Crippen LogP contribution in [0.5, 0.6) is 5.75 Å². The first kappa shape index (κ1) is 19.0. The standard InChI is InChI=1S/C21H33N3O2/c1-16-5-4-6-20(17(16)2)22-21(25)15-23-11-13-24(14-12-23)18-7-9-19(26-3)10-8-18/h7-10,16-17,20H,4-6,11-15H2,1-3H3,(H,22,25)/p+1/t16-,17-,20+/m1/s1. The Morgan fingerprint density at radius 3 is 2.54 bits per heavy atom. The first-order chi connectivity index (χ1) is 12.6. The molecule has 0 aromatic heterocycles. The lowest BCUT2D eigenvalue weighted by Gasteiger charge is -2.36. The minimum Gasteiger partial charge on any atom is -0.497 e. The molecule has 3 rings (SSSR count). The summed E-state index contributed by atoms with van der Waals surface area (Å²) in [7, 11) is 1.69. The number of carbonyl (C=O) groups excluding carboxylic acids is 1. The highest BCUT2D eigenvalue weighted by Gasteiger charge is 2.29. The molecule has 3 atom stereocenters. The maximum Gasteiger partial charge on any atom is 0.275 e. The molecular formula is C21H34N3O2+. The van der Waals surface area contributed by atoms with E-state index in [1.807, 2.05) is 12.1 Å². The van der Waals surface area contributed by atoms with E-state index < -0.39 is 0 Å². The molecule has 144 valence electrons. The second-order valence-electron chi connectivity index (χ2n) is 8.05. The van der Waals surface area contributed by atoms with Crippen molar-refractivity contribution in [1.82, 2.24) is 5.32 Å². The van der Waals surface area contributed by atoms with Gasteiger partial charge in [0.15, 0.2) is 6.54 Å². The fraction of sp³-hybridized carbons (Fsp3) is 0.667. The van der Waals surface area contributed by atoms with E-state index in [1.165, 1.54) is 23.4 Å². The third-order valence-electron chi connectivity index (χ3n) is 6.37. The summed E-state index contributed by atoms with van der Waals surface area (Å²) in [6.07, 6.45) is 3.67. The van der Waals surface area contributed by atoms with Gasteiger partial charge >= 0.3 is 0 Å². The van der Waals surface area contributed by atoms with Crippen LogP contribution in [0.4, 0.5) is 5.69 Å². The molecule has 1 aromatic carbocycles. The van der Waals surface area contributed by atoms with Gasteiger partial charge in [0.05, 0.1) is 33.3 Å². The number of hydrogen-bond acceptors (Lipinski definition) is 3. The lowest BCUT2D eigenvalue weighted by Crippen LogP contribution is -3.16. The number of piperazine rings is 1. The lowest BCUT2D eigenvalue weighted by atomic mass is 9.78. The molecule has 0 radical (unpaired) electrons. The van der Waals surface area contributed by atoms with Crippen LogP contribution in [0.1, 0.15) is 33.1 Å². The molecule has 1 aliphatic heterocycles. The van der Waals surface area contributed by atoms with Gasteiger partial charge in [-0.15, -0.1) is 0 Å². The Kier molecular flexibility index (Phi) is 6.41. The number of rotatable bonds is 5. The molecule has 1 amide bonds. The Bertz CT molecular complexity index is 581. The van der Waals surface area contributed by atoms with Crippen molar-refractivity contribution < 1.29 is 14.4 Å². The molecule has 2 fully saturated rings. The van der Waals surface area contributed by atoms with Crippen LogP contribution in [-0.4, -0.2) is 51.8 Å². The largest absolute Gasteiger partial charge is 0.497 e. The quantitative estimate of drug-likeness (QED) is 0.833. The van der Waals surface area contributed by atoms with Crippen LogP contribution in [0.25, 0.3) is 0 Å². The van der Waals surface area contributed by atoms with Gasteiger partial charge in [-0.2, -0.15) is 0 Å². The van der Waals surface area contributed by atoms with Crippen molar-refractivity contribution in [2.24, 2.45) is 11.8 Å². The van der Waals surface area contributed by atoms with Gasteiger partial charge < -0.3 is 19.9 Å². The molecule has 5 heteroatoms. The second kappa shape index (κ2) is 8.76. The summed E-state index contributed by atoms with van der Waals surface area (Å²) in [6, 6.07) is 8.61. The van der Waals surface area contributed by atoms with Crippen molar-refractivity contribution >= 4 is 11.6 Å². The highest BCUT2D eigenvalue weighted by molar-refractivity contribution is 5.77. The molecule has 0 unspecified atom stereocenters. The van der Waals surface area contributed by atoms with Gasteiger partial charge in [0, 0.05) is 11.7 Å². The molecule has 26 heavy (non-hydrogen) atoms. The van der Waals surface area contributed by atoms with Crippen molar-refractivity contribution in [2.45, 2.75) is 39.2 Å². The summed E-state index contributed by atoms with van der Waals surface area (Å²) in [5.74, 6) is 2.42. The van der Waals surface area contributed by atoms with Crippen molar-refractivity contribution in [3.05, 3.63) is 24.3 Å². The minimum atomic E-state index is 0.226. The highest BCUT2D eigenvalue weighted by Crippen LogP contribution is 2.29. The molecule has 2 aliphatic rings. The average Bonchev–Trinajstić information content (AvgIpc) is 2.66. The number of benzene rings is 1. The fourth-order valence-electron chi connectivity index (χ4n) is 4.32. The topological polar surface area (TPSA) is 46.0 Å². The average molecular weight is 361 g/mol. The van der Waals surface area contributed by atoms with Gasteiger partial charge in [-0.05, 0) is 42.5 Å². The molecule has 1 heterocycles. The third kappa shape index (κ3) is 4.70. The van der Waals surface area contributed by atoms with E-state index in [2.05, 4.69) is 36.2 Å². The van der Waals surface area contributed by atoms with E-state index in [-0.39, 0.29) is 5.91 Å². The second-order valence-corrected chi connectivity index (χ2v) is 8.05. The Labute approximate surface area is 157 Å². The van der Waals surface area contributed by atoms with Crippen LogP contribution < -0.4 is 19.9 Å². The van der Waals surface area contributed by atoms with E-state index in [9.17, 15) is 4.79 Å². The normalized spacial score (nSPS) is 27.2. The Morgan fingerprint density at radius 2 is 1.88 bits per heavy atom. The SMILES string of the molecule is COc1ccc(N2CC[NH+](CC(=O)N[C@H]3CCC[C@@H](C)[C@H]3C)CC2)cc1. The van der Waals surface area contributed by atoms with Crippen LogP contribution in [-0.2, 0) is 4.79 Å². The van der Waals surface area contributed by atoms with Crippen molar-refractivity contribution in [3.8, 4) is 5.75 Å². The van der Waals surface area contributed by atoms with Gasteiger partial charge in [-0.3, -0.25) is 4.79 Å². The number of methoxy groups -OCH3 is 1. The van der Waals surface area contributed by atoms with E-state index in [4.69, 9.17) is 4.74 Å². The molecule has 1 aromatic rings. The maximum atomic E-state index is 12.5. The number of anilines is 1. The van der Waals surface area contributed by atoms with Crippen LogP contribution in [0, 0.1) is 11.8 Å². The maximum absolute atomic E-state index is 12.5. The summed E-state index contributed by atoms with van der Waals surface area (Å²) in [4.78, 5) is 16.3. The molecule has 0 spiro atoms.